The Labute approximate surface area is 112 Å². The van der Waals surface area contributed by atoms with Crippen LogP contribution in [0.5, 0.6) is 5.75 Å². The maximum Gasteiger partial charge on any atom is 0.145 e. The molecule has 0 amide bonds. The molecular weight excluding hydrogens is 242 g/mol. The molecule has 0 aliphatic carbocycles. The van der Waals surface area contributed by atoms with Crippen molar-refractivity contribution < 1.29 is 9.37 Å². The largest absolute Gasteiger partial charge is 0.486 e. The van der Waals surface area contributed by atoms with E-state index in [4.69, 9.17) is 4.74 Å². The summed E-state index contributed by atoms with van der Waals surface area (Å²) in [7, 11) is 0. The molecule has 0 bridgehead atoms. The van der Waals surface area contributed by atoms with E-state index in [0.717, 1.165) is 41.4 Å². The lowest BCUT2D eigenvalue weighted by Gasteiger charge is -2.13. The van der Waals surface area contributed by atoms with E-state index in [1.165, 1.54) is 0 Å². The zero-order chi connectivity index (χ0) is 13.7. The Balaban J connectivity index is 2.12. The fraction of sp³-hybridized carbons (Fsp3) is 0.429. The zero-order valence-corrected chi connectivity index (χ0v) is 11.6. The van der Waals surface area contributed by atoms with Crippen molar-refractivity contribution in [2.45, 2.75) is 33.9 Å². The van der Waals surface area contributed by atoms with Crippen LogP contribution in [-0.4, -0.2) is 16.9 Å². The van der Waals surface area contributed by atoms with E-state index < -0.39 is 0 Å². The van der Waals surface area contributed by atoms with E-state index in [-0.39, 0.29) is 0 Å². The molecule has 0 radical (unpaired) electrons. The van der Waals surface area contributed by atoms with Crippen LogP contribution in [0.25, 0.3) is 0 Å². The lowest BCUT2D eigenvalue weighted by atomic mass is 10.1. The summed E-state index contributed by atoms with van der Waals surface area (Å²) in [5.41, 5.74) is 3.76. The highest BCUT2D eigenvalue weighted by Gasteiger charge is 2.10. The number of aromatic nitrogens is 2. The van der Waals surface area contributed by atoms with E-state index in [2.05, 4.69) is 33.2 Å². The Morgan fingerprint density at radius 3 is 2.79 bits per heavy atom. The van der Waals surface area contributed by atoms with Gasteiger partial charge in [-0.15, -0.1) is 0 Å². The van der Waals surface area contributed by atoms with Crippen molar-refractivity contribution >= 4 is 0 Å². The lowest BCUT2D eigenvalue weighted by Crippen LogP contribution is -2.13. The number of para-hydroxylation sites is 1. The highest BCUT2D eigenvalue weighted by atomic mass is 16.6. The summed E-state index contributed by atoms with van der Waals surface area (Å²) >= 11 is 0. The average molecular weight is 261 g/mol. The molecule has 0 fully saturated rings. The molecule has 1 N–H and O–H groups in total. The van der Waals surface area contributed by atoms with Gasteiger partial charge in [-0.3, -0.25) is 0 Å². The number of nitrogens with zero attached hydrogens (tertiary/aromatic N) is 2. The first kappa shape index (κ1) is 13.5. The predicted octanol–water partition coefficient (Wildman–Crippen LogP) is 2.37. The first-order chi connectivity index (χ1) is 9.22. The van der Waals surface area contributed by atoms with Crippen molar-refractivity contribution in [3.05, 3.63) is 40.7 Å². The minimum Gasteiger partial charge on any atom is -0.486 e. The SMILES string of the molecule is CCNCc1cccc(C)c1OCc1nonc1C. The van der Waals surface area contributed by atoms with Crippen LogP contribution in [0, 0.1) is 13.8 Å². The molecule has 0 aliphatic heterocycles. The second-order valence-electron chi connectivity index (χ2n) is 4.43. The normalized spacial score (nSPS) is 10.7. The van der Waals surface area contributed by atoms with Crippen molar-refractivity contribution in [2.24, 2.45) is 0 Å². The second-order valence-corrected chi connectivity index (χ2v) is 4.43. The van der Waals surface area contributed by atoms with E-state index in [0.29, 0.717) is 6.61 Å². The van der Waals surface area contributed by atoms with Crippen LogP contribution in [0.1, 0.15) is 29.4 Å². The summed E-state index contributed by atoms with van der Waals surface area (Å²) in [6.07, 6.45) is 0. The predicted molar refractivity (Wildman–Crippen MR) is 71.9 cm³/mol. The standard InChI is InChI=1S/C14H19N3O2/c1-4-15-8-12-7-5-6-10(2)14(12)18-9-13-11(3)16-19-17-13/h5-7,15H,4,8-9H2,1-3H3. The molecule has 5 nitrogen and oxygen atoms in total. The highest BCUT2D eigenvalue weighted by Crippen LogP contribution is 2.24. The van der Waals surface area contributed by atoms with Gasteiger partial charge >= 0.3 is 0 Å². The Morgan fingerprint density at radius 2 is 2.11 bits per heavy atom. The molecule has 1 aromatic carbocycles. The number of ether oxygens (including phenoxy) is 1. The van der Waals surface area contributed by atoms with Gasteiger partial charge in [0.1, 0.15) is 23.7 Å². The van der Waals surface area contributed by atoms with Crippen LogP contribution in [0.15, 0.2) is 22.8 Å². The first-order valence-corrected chi connectivity index (χ1v) is 6.42. The van der Waals surface area contributed by atoms with Crippen molar-refractivity contribution in [1.82, 2.24) is 15.6 Å². The summed E-state index contributed by atoms with van der Waals surface area (Å²) in [5.74, 6) is 0.908. The Kier molecular flexibility index (Phi) is 4.52. The number of hydrogen-bond donors (Lipinski definition) is 1. The monoisotopic (exact) mass is 261 g/mol. The molecule has 0 atom stereocenters. The second kappa shape index (κ2) is 6.33. The van der Waals surface area contributed by atoms with Gasteiger partial charge < -0.3 is 10.1 Å². The van der Waals surface area contributed by atoms with Gasteiger partial charge in [-0.2, -0.15) is 0 Å². The minimum atomic E-state index is 0.374. The van der Waals surface area contributed by atoms with E-state index in [9.17, 15) is 0 Å². The van der Waals surface area contributed by atoms with Gasteiger partial charge in [0.2, 0.25) is 0 Å². The number of benzene rings is 1. The summed E-state index contributed by atoms with van der Waals surface area (Å²) in [5, 5.41) is 10.9. The quantitative estimate of drug-likeness (QED) is 0.865. The molecule has 1 heterocycles. The first-order valence-electron chi connectivity index (χ1n) is 6.42. The summed E-state index contributed by atoms with van der Waals surface area (Å²) in [6.45, 7) is 8.08. The van der Waals surface area contributed by atoms with Gasteiger partial charge in [-0.25, -0.2) is 4.63 Å². The van der Waals surface area contributed by atoms with Gasteiger partial charge in [0.25, 0.3) is 0 Å². The van der Waals surface area contributed by atoms with Crippen LogP contribution in [0.4, 0.5) is 0 Å². The zero-order valence-electron chi connectivity index (χ0n) is 11.6. The number of nitrogens with one attached hydrogen (secondary N) is 1. The molecule has 2 aromatic rings. The third-order valence-corrected chi connectivity index (χ3v) is 2.96. The van der Waals surface area contributed by atoms with Crippen LogP contribution in [0.2, 0.25) is 0 Å². The van der Waals surface area contributed by atoms with Crippen LogP contribution in [0.3, 0.4) is 0 Å². The van der Waals surface area contributed by atoms with Crippen molar-refractivity contribution in [2.75, 3.05) is 6.54 Å². The summed E-state index contributed by atoms with van der Waals surface area (Å²) < 4.78 is 10.6. The fourth-order valence-electron chi connectivity index (χ4n) is 1.84. The van der Waals surface area contributed by atoms with Crippen LogP contribution in [-0.2, 0) is 13.2 Å². The fourth-order valence-corrected chi connectivity index (χ4v) is 1.84. The van der Waals surface area contributed by atoms with E-state index in [1.807, 2.05) is 26.0 Å². The maximum atomic E-state index is 5.89. The van der Waals surface area contributed by atoms with E-state index >= 15 is 0 Å². The number of rotatable bonds is 6. The topological polar surface area (TPSA) is 60.2 Å². The van der Waals surface area contributed by atoms with Gasteiger partial charge in [0, 0.05) is 12.1 Å². The number of hydrogen-bond acceptors (Lipinski definition) is 5. The smallest absolute Gasteiger partial charge is 0.145 e. The molecule has 0 saturated heterocycles. The average Bonchev–Trinajstić information content (AvgIpc) is 2.81. The van der Waals surface area contributed by atoms with Crippen molar-refractivity contribution in [3.63, 3.8) is 0 Å². The minimum absolute atomic E-state index is 0.374. The van der Waals surface area contributed by atoms with Crippen molar-refractivity contribution in [3.8, 4) is 5.75 Å². The lowest BCUT2D eigenvalue weighted by molar-refractivity contribution is 0.267. The number of aryl methyl sites for hydroxylation is 2. The summed E-state index contributed by atoms with van der Waals surface area (Å²) in [6, 6.07) is 6.15. The molecule has 1 aromatic heterocycles. The molecule has 0 aliphatic rings. The van der Waals surface area contributed by atoms with E-state index in [1.54, 1.807) is 0 Å². The highest BCUT2D eigenvalue weighted by molar-refractivity contribution is 5.40. The van der Waals surface area contributed by atoms with Gasteiger partial charge in [0.15, 0.2) is 0 Å². The third-order valence-electron chi connectivity index (χ3n) is 2.96. The Morgan fingerprint density at radius 1 is 1.26 bits per heavy atom. The van der Waals surface area contributed by atoms with Crippen LogP contribution >= 0.6 is 0 Å². The Bertz CT molecular complexity index is 537. The third kappa shape index (κ3) is 3.32. The molecule has 102 valence electrons. The van der Waals surface area contributed by atoms with Gasteiger partial charge in [-0.1, -0.05) is 35.4 Å². The van der Waals surface area contributed by atoms with Gasteiger partial charge in [0.05, 0.1) is 0 Å². The molecule has 19 heavy (non-hydrogen) atoms. The summed E-state index contributed by atoms with van der Waals surface area (Å²) in [4.78, 5) is 0. The maximum absolute atomic E-state index is 5.89. The molecule has 5 heteroatoms. The molecule has 0 saturated carbocycles. The Hall–Kier alpha value is -1.88. The van der Waals surface area contributed by atoms with Gasteiger partial charge in [-0.05, 0) is 26.0 Å². The molecular formula is C14H19N3O2. The van der Waals surface area contributed by atoms with Crippen LogP contribution < -0.4 is 10.1 Å². The van der Waals surface area contributed by atoms with Crippen molar-refractivity contribution in [1.29, 1.82) is 0 Å². The molecule has 0 unspecified atom stereocenters. The molecule has 0 spiro atoms. The molecule has 2 rings (SSSR count).